The van der Waals surface area contributed by atoms with Crippen molar-refractivity contribution < 1.29 is 9.47 Å². The lowest BCUT2D eigenvalue weighted by Gasteiger charge is -2.17. The van der Waals surface area contributed by atoms with Crippen molar-refractivity contribution in [2.24, 2.45) is 0 Å². The molecule has 0 radical (unpaired) electrons. The molecule has 0 spiro atoms. The van der Waals surface area contributed by atoms with Gasteiger partial charge in [0, 0.05) is 11.3 Å². The quantitative estimate of drug-likeness (QED) is 0.828. The minimum absolute atomic E-state index is 0.406. The van der Waals surface area contributed by atoms with Gasteiger partial charge in [0.1, 0.15) is 5.75 Å². The first-order valence-electron chi connectivity index (χ1n) is 6.42. The molecular weight excluding hydrogens is 240 g/mol. The Kier molecular flexibility index (Phi) is 3.07. The third-order valence-electron chi connectivity index (χ3n) is 3.22. The molecule has 4 heteroatoms. The van der Waals surface area contributed by atoms with Crippen LogP contribution in [0.2, 0.25) is 0 Å². The Morgan fingerprint density at radius 2 is 2.11 bits per heavy atom. The monoisotopic (exact) mass is 256 g/mol. The number of fused-ring (bicyclic) bond motifs is 1. The van der Waals surface area contributed by atoms with E-state index in [2.05, 4.69) is 16.0 Å². The van der Waals surface area contributed by atoms with Crippen LogP contribution in [-0.2, 0) is 6.42 Å². The van der Waals surface area contributed by atoms with Crippen LogP contribution in [0.15, 0.2) is 24.3 Å². The van der Waals surface area contributed by atoms with Crippen LogP contribution < -0.4 is 9.47 Å². The summed E-state index contributed by atoms with van der Waals surface area (Å²) in [6, 6.07) is 8.58. The SMILES string of the molecule is COc1nc(C)cc(-c2ccc3c(c2)CCCO3)n1. The second kappa shape index (κ2) is 4.88. The fourth-order valence-corrected chi connectivity index (χ4v) is 2.30. The fraction of sp³-hybridized carbons (Fsp3) is 0.333. The highest BCUT2D eigenvalue weighted by Crippen LogP contribution is 2.30. The molecule has 1 aliphatic heterocycles. The zero-order valence-corrected chi connectivity index (χ0v) is 11.1. The van der Waals surface area contributed by atoms with Crippen molar-refractivity contribution in [1.82, 2.24) is 9.97 Å². The highest BCUT2D eigenvalue weighted by atomic mass is 16.5. The Balaban J connectivity index is 2.04. The number of rotatable bonds is 2. The molecule has 0 saturated heterocycles. The number of benzene rings is 1. The molecule has 2 heterocycles. The van der Waals surface area contributed by atoms with E-state index in [0.717, 1.165) is 42.1 Å². The average Bonchev–Trinajstić information content (AvgIpc) is 2.46. The maximum absolute atomic E-state index is 5.63. The lowest BCUT2D eigenvalue weighted by molar-refractivity contribution is 0.288. The van der Waals surface area contributed by atoms with Gasteiger partial charge in [-0.15, -0.1) is 0 Å². The van der Waals surface area contributed by atoms with E-state index >= 15 is 0 Å². The van der Waals surface area contributed by atoms with Crippen LogP contribution in [-0.4, -0.2) is 23.7 Å². The summed E-state index contributed by atoms with van der Waals surface area (Å²) in [7, 11) is 1.58. The van der Waals surface area contributed by atoms with E-state index in [9.17, 15) is 0 Å². The molecule has 0 atom stereocenters. The first-order valence-corrected chi connectivity index (χ1v) is 6.42. The molecule has 0 aliphatic carbocycles. The van der Waals surface area contributed by atoms with Gasteiger partial charge in [0.15, 0.2) is 0 Å². The molecule has 0 fully saturated rings. The molecule has 0 bridgehead atoms. The van der Waals surface area contributed by atoms with Gasteiger partial charge in [0.2, 0.25) is 0 Å². The van der Waals surface area contributed by atoms with Crippen molar-refractivity contribution in [3.05, 3.63) is 35.5 Å². The van der Waals surface area contributed by atoms with Crippen molar-refractivity contribution in [2.75, 3.05) is 13.7 Å². The summed E-state index contributed by atoms with van der Waals surface area (Å²) in [5, 5.41) is 0. The zero-order chi connectivity index (χ0) is 13.2. The predicted molar refractivity (Wildman–Crippen MR) is 72.6 cm³/mol. The van der Waals surface area contributed by atoms with Gasteiger partial charge in [-0.1, -0.05) is 0 Å². The van der Waals surface area contributed by atoms with E-state index in [4.69, 9.17) is 9.47 Å². The molecule has 98 valence electrons. The van der Waals surface area contributed by atoms with Crippen LogP contribution in [0.3, 0.4) is 0 Å². The topological polar surface area (TPSA) is 44.2 Å². The van der Waals surface area contributed by atoms with Crippen molar-refractivity contribution >= 4 is 0 Å². The maximum Gasteiger partial charge on any atom is 0.316 e. The van der Waals surface area contributed by atoms with Gasteiger partial charge in [-0.3, -0.25) is 0 Å². The minimum atomic E-state index is 0.406. The molecule has 0 unspecified atom stereocenters. The molecular formula is C15H16N2O2. The van der Waals surface area contributed by atoms with E-state index in [1.54, 1.807) is 7.11 Å². The van der Waals surface area contributed by atoms with E-state index in [0.29, 0.717) is 6.01 Å². The Morgan fingerprint density at radius 3 is 2.95 bits per heavy atom. The Hall–Kier alpha value is -2.10. The van der Waals surface area contributed by atoms with Crippen LogP contribution in [0.25, 0.3) is 11.3 Å². The number of hydrogen-bond donors (Lipinski definition) is 0. The summed E-state index contributed by atoms with van der Waals surface area (Å²) >= 11 is 0. The molecule has 19 heavy (non-hydrogen) atoms. The van der Waals surface area contributed by atoms with E-state index < -0.39 is 0 Å². The fourth-order valence-electron chi connectivity index (χ4n) is 2.30. The van der Waals surface area contributed by atoms with Crippen molar-refractivity contribution in [2.45, 2.75) is 19.8 Å². The summed E-state index contributed by atoms with van der Waals surface area (Å²) in [4.78, 5) is 8.60. The van der Waals surface area contributed by atoms with Gasteiger partial charge in [-0.05, 0) is 49.6 Å². The summed E-state index contributed by atoms with van der Waals surface area (Å²) in [5.41, 5.74) is 4.11. The van der Waals surface area contributed by atoms with E-state index in [1.807, 2.05) is 25.1 Å². The van der Waals surface area contributed by atoms with E-state index in [-0.39, 0.29) is 0 Å². The van der Waals surface area contributed by atoms with Gasteiger partial charge in [0.25, 0.3) is 0 Å². The lowest BCUT2D eigenvalue weighted by atomic mass is 10.0. The maximum atomic E-state index is 5.63. The summed E-state index contributed by atoms with van der Waals surface area (Å²) in [6.07, 6.45) is 2.13. The lowest BCUT2D eigenvalue weighted by Crippen LogP contribution is -2.08. The number of aromatic nitrogens is 2. The molecule has 1 aliphatic rings. The second-order valence-electron chi connectivity index (χ2n) is 4.66. The summed E-state index contributed by atoms with van der Waals surface area (Å²) in [6.45, 7) is 2.75. The molecule has 0 N–H and O–H groups in total. The van der Waals surface area contributed by atoms with Gasteiger partial charge in [-0.25, -0.2) is 4.98 Å². The van der Waals surface area contributed by atoms with Crippen LogP contribution in [0, 0.1) is 6.92 Å². The highest BCUT2D eigenvalue weighted by molar-refractivity contribution is 5.63. The standard InChI is InChI=1S/C15H16N2O2/c1-10-8-13(17-15(16-10)18-2)11-5-6-14-12(9-11)4-3-7-19-14/h5-6,8-9H,3-4,7H2,1-2H3. The largest absolute Gasteiger partial charge is 0.493 e. The van der Waals surface area contributed by atoms with Gasteiger partial charge < -0.3 is 9.47 Å². The first kappa shape index (κ1) is 12.0. The van der Waals surface area contributed by atoms with E-state index in [1.165, 1.54) is 5.56 Å². The average molecular weight is 256 g/mol. The molecule has 1 aromatic heterocycles. The van der Waals surface area contributed by atoms with Crippen LogP contribution in [0.5, 0.6) is 11.8 Å². The predicted octanol–water partition coefficient (Wildman–Crippen LogP) is 2.79. The zero-order valence-electron chi connectivity index (χ0n) is 11.1. The smallest absolute Gasteiger partial charge is 0.316 e. The normalized spacial score (nSPS) is 13.6. The summed E-state index contributed by atoms with van der Waals surface area (Å²) in [5.74, 6) is 0.993. The molecule has 1 aromatic carbocycles. The minimum Gasteiger partial charge on any atom is -0.493 e. The first-order chi connectivity index (χ1) is 9.26. The molecule has 2 aromatic rings. The molecule has 4 nitrogen and oxygen atoms in total. The van der Waals surface area contributed by atoms with Gasteiger partial charge in [0.05, 0.1) is 19.4 Å². The van der Waals surface area contributed by atoms with Gasteiger partial charge >= 0.3 is 6.01 Å². The highest BCUT2D eigenvalue weighted by Gasteiger charge is 2.12. The Bertz CT molecular complexity index is 611. The second-order valence-corrected chi connectivity index (χ2v) is 4.66. The van der Waals surface area contributed by atoms with Crippen LogP contribution in [0.4, 0.5) is 0 Å². The van der Waals surface area contributed by atoms with Crippen molar-refractivity contribution in [3.8, 4) is 23.0 Å². The third kappa shape index (κ3) is 2.38. The molecule has 0 saturated carbocycles. The summed E-state index contributed by atoms with van der Waals surface area (Å²) < 4.78 is 10.7. The van der Waals surface area contributed by atoms with Crippen LogP contribution >= 0.6 is 0 Å². The van der Waals surface area contributed by atoms with Gasteiger partial charge in [-0.2, -0.15) is 4.98 Å². The van der Waals surface area contributed by atoms with Crippen LogP contribution in [0.1, 0.15) is 17.7 Å². The van der Waals surface area contributed by atoms with Crippen molar-refractivity contribution in [1.29, 1.82) is 0 Å². The number of aryl methyl sites for hydroxylation is 2. The number of nitrogens with zero attached hydrogens (tertiary/aromatic N) is 2. The number of ether oxygens (including phenoxy) is 2. The third-order valence-corrected chi connectivity index (χ3v) is 3.22. The Labute approximate surface area is 112 Å². The van der Waals surface area contributed by atoms with Crippen molar-refractivity contribution in [3.63, 3.8) is 0 Å². The molecule has 3 rings (SSSR count). The Morgan fingerprint density at radius 1 is 1.21 bits per heavy atom. The number of hydrogen-bond acceptors (Lipinski definition) is 4. The number of methoxy groups -OCH3 is 1. The molecule has 0 amide bonds.